The fourth-order valence-electron chi connectivity index (χ4n) is 4.50. The van der Waals surface area contributed by atoms with Crippen molar-refractivity contribution in [1.82, 2.24) is 29.7 Å². The standard InChI is InChI=1S/C26H27N7O5/c27-22-18-23(33(13-28-18)26-20(35)19(34)21(38-26)24(36)29-15-8-9-15)31-17(30-22)7-4-12-32(16-10-11-16)25(37)14-5-2-1-3-6-14/h1-3,5-6,13,15-16,19-21,26,34-35H,8-12H2,(H,29,36)(H2,27,30,31)/t19-,20?,21-,26+/m0/s1. The summed E-state index contributed by atoms with van der Waals surface area (Å²) in [7, 11) is 0. The van der Waals surface area contributed by atoms with Gasteiger partial charge in [0.1, 0.15) is 17.7 Å². The third kappa shape index (κ3) is 4.67. The van der Waals surface area contributed by atoms with Crippen molar-refractivity contribution in [2.24, 2.45) is 0 Å². The van der Waals surface area contributed by atoms with Gasteiger partial charge in [0.05, 0.1) is 12.9 Å². The number of imidazole rings is 1. The van der Waals surface area contributed by atoms with E-state index in [9.17, 15) is 19.8 Å². The molecule has 3 heterocycles. The number of amides is 2. The number of nitrogens with one attached hydrogen (secondary N) is 1. The summed E-state index contributed by atoms with van der Waals surface area (Å²) in [5, 5.41) is 23.9. The highest BCUT2D eigenvalue weighted by Gasteiger charge is 2.48. The quantitative estimate of drug-likeness (QED) is 0.328. The van der Waals surface area contributed by atoms with Crippen LogP contribution in [0.1, 0.15) is 48.1 Å². The molecule has 2 aliphatic carbocycles. The number of benzene rings is 1. The van der Waals surface area contributed by atoms with Crippen molar-refractivity contribution in [3.8, 4) is 11.8 Å². The van der Waals surface area contributed by atoms with E-state index in [1.54, 1.807) is 17.0 Å². The Hall–Kier alpha value is -4.05. The predicted octanol–water partition coefficient (Wildman–Crippen LogP) is -0.0374. The van der Waals surface area contributed by atoms with Crippen LogP contribution in [0.4, 0.5) is 5.82 Å². The van der Waals surface area contributed by atoms with Gasteiger partial charge in [-0.25, -0.2) is 15.0 Å². The number of hydrogen-bond donors (Lipinski definition) is 4. The van der Waals surface area contributed by atoms with Crippen LogP contribution >= 0.6 is 0 Å². The normalized spacial score (nSPS) is 24.6. The van der Waals surface area contributed by atoms with Crippen molar-refractivity contribution < 1.29 is 24.5 Å². The minimum atomic E-state index is -1.43. The predicted molar refractivity (Wildman–Crippen MR) is 134 cm³/mol. The molecule has 12 heteroatoms. The first-order valence-corrected chi connectivity index (χ1v) is 12.6. The van der Waals surface area contributed by atoms with Crippen molar-refractivity contribution in [1.29, 1.82) is 0 Å². The molecule has 0 bridgehead atoms. The zero-order chi connectivity index (χ0) is 26.4. The Bertz CT molecular complexity index is 1440. The minimum absolute atomic E-state index is 0.0773. The first-order chi connectivity index (χ1) is 18.4. The zero-order valence-electron chi connectivity index (χ0n) is 20.4. The molecule has 2 saturated carbocycles. The minimum Gasteiger partial charge on any atom is -0.387 e. The lowest BCUT2D eigenvalue weighted by Crippen LogP contribution is -2.43. The molecule has 38 heavy (non-hydrogen) atoms. The van der Waals surface area contributed by atoms with Gasteiger partial charge in [0.2, 0.25) is 5.82 Å². The number of fused-ring (bicyclic) bond motifs is 1. The number of nitrogens with two attached hydrogens (primary N) is 1. The number of aliphatic hydroxyl groups is 2. The Morgan fingerprint density at radius 2 is 1.89 bits per heavy atom. The lowest BCUT2D eigenvalue weighted by molar-refractivity contribution is -0.137. The van der Waals surface area contributed by atoms with Crippen LogP contribution < -0.4 is 11.1 Å². The molecule has 3 fully saturated rings. The summed E-state index contributed by atoms with van der Waals surface area (Å²) in [4.78, 5) is 40.1. The Balaban J connectivity index is 1.23. The molecule has 1 aliphatic heterocycles. The molecule has 12 nitrogen and oxygen atoms in total. The monoisotopic (exact) mass is 517 g/mol. The third-order valence-electron chi connectivity index (χ3n) is 6.86. The number of anilines is 1. The number of hydrogen-bond acceptors (Lipinski definition) is 9. The number of ether oxygens (including phenoxy) is 1. The second-order valence-electron chi connectivity index (χ2n) is 9.80. The molecular formula is C26H27N7O5. The second kappa shape index (κ2) is 9.68. The SMILES string of the molecule is Nc1nc(C#CCN(C(=O)c2ccccc2)C2CC2)nc2c1ncn2[C@@H]1O[C@H](C(=O)NC2CC2)[C@@H](O)C1O. The maximum Gasteiger partial charge on any atom is 0.254 e. The summed E-state index contributed by atoms with van der Waals surface area (Å²) in [5.74, 6) is 5.48. The van der Waals surface area contributed by atoms with Gasteiger partial charge in [-0.3, -0.25) is 14.2 Å². The van der Waals surface area contributed by atoms with Gasteiger partial charge in [-0.15, -0.1) is 0 Å². The highest BCUT2D eigenvalue weighted by molar-refractivity contribution is 5.94. The highest BCUT2D eigenvalue weighted by Crippen LogP contribution is 2.33. The van der Waals surface area contributed by atoms with Gasteiger partial charge in [-0.05, 0) is 43.7 Å². The molecule has 2 amide bonds. The van der Waals surface area contributed by atoms with Crippen LogP contribution in [-0.4, -0.2) is 83.4 Å². The lowest BCUT2D eigenvalue weighted by Gasteiger charge is -2.19. The Morgan fingerprint density at radius 3 is 2.61 bits per heavy atom. The van der Waals surface area contributed by atoms with Crippen LogP contribution in [0.2, 0.25) is 0 Å². The van der Waals surface area contributed by atoms with E-state index in [0.29, 0.717) is 5.56 Å². The topological polar surface area (TPSA) is 169 Å². The molecule has 1 unspecified atom stereocenters. The Kier molecular flexibility index (Phi) is 6.19. The van der Waals surface area contributed by atoms with Gasteiger partial charge in [0, 0.05) is 17.6 Å². The van der Waals surface area contributed by atoms with Crippen LogP contribution in [0, 0.1) is 11.8 Å². The second-order valence-corrected chi connectivity index (χ2v) is 9.80. The number of aliphatic hydroxyl groups excluding tert-OH is 2. The van der Waals surface area contributed by atoms with Crippen LogP contribution in [0.5, 0.6) is 0 Å². The van der Waals surface area contributed by atoms with Crippen molar-refractivity contribution in [3.63, 3.8) is 0 Å². The molecule has 1 saturated heterocycles. The van der Waals surface area contributed by atoms with Crippen molar-refractivity contribution in [3.05, 3.63) is 48.0 Å². The van der Waals surface area contributed by atoms with Crippen molar-refractivity contribution in [2.75, 3.05) is 12.3 Å². The molecule has 196 valence electrons. The fourth-order valence-corrected chi connectivity index (χ4v) is 4.50. The van der Waals surface area contributed by atoms with Crippen LogP contribution in [0.25, 0.3) is 11.2 Å². The first kappa shape index (κ1) is 24.3. The largest absolute Gasteiger partial charge is 0.387 e. The molecule has 2 aromatic heterocycles. The summed E-state index contributed by atoms with van der Waals surface area (Å²) in [6.07, 6.45) is -0.182. The molecule has 0 spiro atoms. The highest BCUT2D eigenvalue weighted by atomic mass is 16.6. The van der Waals surface area contributed by atoms with Crippen LogP contribution in [0.3, 0.4) is 0 Å². The maximum atomic E-state index is 13.0. The molecule has 5 N–H and O–H groups in total. The third-order valence-corrected chi connectivity index (χ3v) is 6.86. The summed E-state index contributed by atoms with van der Waals surface area (Å²) < 4.78 is 7.16. The van der Waals surface area contributed by atoms with Gasteiger partial charge in [-0.1, -0.05) is 24.1 Å². The summed E-state index contributed by atoms with van der Waals surface area (Å²) >= 11 is 0. The van der Waals surface area contributed by atoms with Gasteiger partial charge >= 0.3 is 0 Å². The van der Waals surface area contributed by atoms with Crippen LogP contribution in [-0.2, 0) is 9.53 Å². The van der Waals surface area contributed by atoms with Gasteiger partial charge in [0.25, 0.3) is 11.8 Å². The molecule has 0 radical (unpaired) electrons. The Labute approximate surface area is 217 Å². The summed E-state index contributed by atoms with van der Waals surface area (Å²) in [6, 6.07) is 9.30. The first-order valence-electron chi connectivity index (χ1n) is 12.6. The number of carbonyl (C=O) groups is 2. The molecule has 3 aromatic rings. The van der Waals surface area contributed by atoms with Gasteiger partial charge in [-0.2, -0.15) is 0 Å². The average molecular weight is 518 g/mol. The number of carbonyl (C=O) groups excluding carboxylic acids is 2. The number of rotatable bonds is 6. The smallest absolute Gasteiger partial charge is 0.254 e. The van der Waals surface area contributed by atoms with Crippen molar-refractivity contribution in [2.45, 2.75) is 62.3 Å². The number of nitrogens with zero attached hydrogens (tertiary/aromatic N) is 5. The zero-order valence-corrected chi connectivity index (χ0v) is 20.4. The van der Waals surface area contributed by atoms with Crippen molar-refractivity contribution >= 4 is 28.8 Å². The van der Waals surface area contributed by atoms with E-state index in [4.69, 9.17) is 10.5 Å². The number of nitrogen functional groups attached to an aromatic ring is 1. The van der Waals surface area contributed by atoms with E-state index in [0.717, 1.165) is 25.7 Å². The van der Waals surface area contributed by atoms with E-state index in [-0.39, 0.29) is 47.3 Å². The van der Waals surface area contributed by atoms with E-state index >= 15 is 0 Å². The van der Waals surface area contributed by atoms with Gasteiger partial charge in [0.15, 0.2) is 23.8 Å². The molecular weight excluding hydrogens is 490 g/mol. The molecule has 6 rings (SSSR count). The van der Waals surface area contributed by atoms with E-state index < -0.39 is 30.4 Å². The molecule has 1 aromatic carbocycles. The molecule has 3 aliphatic rings. The summed E-state index contributed by atoms with van der Waals surface area (Å²) in [6.45, 7) is 0.202. The van der Waals surface area contributed by atoms with E-state index in [2.05, 4.69) is 32.1 Å². The number of aromatic nitrogens is 4. The maximum absolute atomic E-state index is 13.0. The fraction of sp³-hybridized carbons (Fsp3) is 0.423. The molecule has 4 atom stereocenters. The van der Waals surface area contributed by atoms with Gasteiger partial charge < -0.3 is 30.9 Å². The lowest BCUT2D eigenvalue weighted by atomic mass is 10.1. The van der Waals surface area contributed by atoms with Crippen LogP contribution in [0.15, 0.2) is 36.7 Å². The van der Waals surface area contributed by atoms with E-state index in [1.165, 1.54) is 10.9 Å². The summed E-state index contributed by atoms with van der Waals surface area (Å²) in [5.41, 5.74) is 7.22. The average Bonchev–Trinajstić information content (AvgIpc) is 3.85. The van der Waals surface area contributed by atoms with E-state index in [1.807, 2.05) is 18.2 Å². The Morgan fingerprint density at radius 1 is 1.13 bits per heavy atom.